The lowest BCUT2D eigenvalue weighted by Crippen LogP contribution is -2.43. The zero-order valence-corrected chi connectivity index (χ0v) is 24.5. The summed E-state index contributed by atoms with van der Waals surface area (Å²) in [7, 11) is -9.25. The third kappa shape index (κ3) is 9.29. The SMILES string of the molecule is Nc1c(S(=O)(=O)O)cc(S(=O)(=O)O)c2ccc(N=N[B]NC(=O)CN3CCN(CC(=O)O)CCN(CC(=O)O)CC3)c(O)c12. The van der Waals surface area contributed by atoms with Crippen LogP contribution >= 0.6 is 0 Å². The zero-order valence-electron chi connectivity index (χ0n) is 22.9. The lowest BCUT2D eigenvalue weighted by Gasteiger charge is -2.24. The van der Waals surface area contributed by atoms with E-state index >= 15 is 0 Å². The van der Waals surface area contributed by atoms with Gasteiger partial charge in [0.1, 0.15) is 15.5 Å². The summed E-state index contributed by atoms with van der Waals surface area (Å²) in [6.45, 7) is 1.24. The van der Waals surface area contributed by atoms with Crippen LogP contribution in [0.25, 0.3) is 10.8 Å². The van der Waals surface area contributed by atoms with Gasteiger partial charge in [0.2, 0.25) is 5.91 Å². The van der Waals surface area contributed by atoms with Crippen molar-refractivity contribution in [3.8, 4) is 5.75 Å². The highest BCUT2D eigenvalue weighted by Gasteiger charge is 2.27. The Balaban J connectivity index is 1.73. The molecule has 239 valence electrons. The van der Waals surface area contributed by atoms with Crippen LogP contribution in [0.15, 0.2) is 38.1 Å². The second-order valence-electron chi connectivity index (χ2n) is 9.62. The van der Waals surface area contributed by atoms with Crippen molar-refractivity contribution in [2.24, 2.45) is 10.1 Å². The highest BCUT2D eigenvalue weighted by Crippen LogP contribution is 2.43. The molecule has 0 aliphatic carbocycles. The Labute approximate surface area is 251 Å². The number of phenols is 1. The fourth-order valence-corrected chi connectivity index (χ4v) is 5.88. The Morgan fingerprint density at radius 1 is 0.841 bits per heavy atom. The van der Waals surface area contributed by atoms with E-state index < -0.39 is 64.7 Å². The van der Waals surface area contributed by atoms with E-state index in [4.69, 9.17) is 15.9 Å². The maximum Gasteiger partial charge on any atom is 0.440 e. The number of nitrogens with zero attached hydrogens (tertiary/aromatic N) is 5. The van der Waals surface area contributed by atoms with E-state index in [-0.39, 0.29) is 30.7 Å². The van der Waals surface area contributed by atoms with E-state index in [0.29, 0.717) is 45.3 Å². The van der Waals surface area contributed by atoms with Crippen LogP contribution in [-0.2, 0) is 34.6 Å². The number of aliphatic carboxylic acids is 2. The smallest absolute Gasteiger partial charge is 0.440 e. The van der Waals surface area contributed by atoms with Crippen molar-refractivity contribution in [2.75, 3.05) is 64.6 Å². The Morgan fingerprint density at radius 2 is 1.32 bits per heavy atom. The minimum Gasteiger partial charge on any atom is -0.505 e. The number of hydrogen-bond acceptors (Lipinski definition) is 14. The molecule has 22 heteroatoms. The molecular formula is C22H29BN7O12S2. The van der Waals surface area contributed by atoms with Gasteiger partial charge < -0.3 is 26.3 Å². The molecule has 0 atom stereocenters. The minimum atomic E-state index is -5.08. The molecule has 2 aromatic rings. The third-order valence-electron chi connectivity index (χ3n) is 6.51. The van der Waals surface area contributed by atoms with E-state index in [9.17, 15) is 45.4 Å². The number of benzene rings is 2. The number of carbonyl (C=O) groups excluding carboxylic acids is 1. The van der Waals surface area contributed by atoms with Crippen LogP contribution in [0.5, 0.6) is 5.75 Å². The van der Waals surface area contributed by atoms with Gasteiger partial charge >= 0.3 is 19.5 Å². The van der Waals surface area contributed by atoms with E-state index in [1.54, 1.807) is 14.7 Å². The second-order valence-corrected chi connectivity index (χ2v) is 12.4. The first kappa shape index (κ1) is 34.6. The van der Waals surface area contributed by atoms with Crippen molar-refractivity contribution in [1.82, 2.24) is 19.9 Å². The van der Waals surface area contributed by atoms with Crippen molar-refractivity contribution in [2.45, 2.75) is 9.79 Å². The van der Waals surface area contributed by atoms with Crippen LogP contribution < -0.4 is 11.0 Å². The standard InChI is InChI=1S/C22H29BN7O12S2/c24-21-16(44(40,41)42)9-15(43(37,38)39)13-1-2-14(22(36)20(13)21)26-27-23-25-17(31)10-28-3-5-29(11-18(32)33)7-8-30(6-4-28)12-19(34)35/h1-2,9,36H,3-8,10-12,24H2,(H,25,31)(H,32,33)(H,34,35)(H,37,38,39)(H,40,41,42). The molecule has 0 saturated carbocycles. The van der Waals surface area contributed by atoms with Gasteiger partial charge in [0.25, 0.3) is 20.2 Å². The van der Waals surface area contributed by atoms with Crippen molar-refractivity contribution < 1.29 is 55.6 Å². The fraction of sp³-hybridized carbons (Fsp3) is 0.409. The first-order valence-corrected chi connectivity index (χ1v) is 15.5. The number of nitrogens with one attached hydrogen (secondary N) is 1. The molecule has 19 nitrogen and oxygen atoms in total. The predicted molar refractivity (Wildman–Crippen MR) is 153 cm³/mol. The molecule has 0 aromatic heterocycles. The molecule has 3 rings (SSSR count). The number of aromatic hydroxyl groups is 1. The average molecular weight is 658 g/mol. The molecule has 44 heavy (non-hydrogen) atoms. The summed E-state index contributed by atoms with van der Waals surface area (Å²) in [6.07, 6.45) is 0. The van der Waals surface area contributed by atoms with Gasteiger partial charge in [0, 0.05) is 44.7 Å². The molecule has 1 radical (unpaired) electrons. The van der Waals surface area contributed by atoms with Gasteiger partial charge in [-0.3, -0.25) is 38.2 Å². The summed E-state index contributed by atoms with van der Waals surface area (Å²) < 4.78 is 66.1. The molecule has 1 amide bonds. The number of carboxylic acids is 2. The Kier molecular flexibility index (Phi) is 11.2. The highest BCUT2D eigenvalue weighted by atomic mass is 32.2. The molecule has 0 unspecified atom stereocenters. The predicted octanol–water partition coefficient (Wildman–Crippen LogP) is -1.56. The van der Waals surface area contributed by atoms with Crippen LogP contribution in [0.3, 0.4) is 0 Å². The summed E-state index contributed by atoms with van der Waals surface area (Å²) in [5.41, 5.74) is 4.71. The molecule has 1 aliphatic heterocycles. The number of carbonyl (C=O) groups is 3. The quantitative estimate of drug-likeness (QED) is 0.0622. The summed E-state index contributed by atoms with van der Waals surface area (Å²) in [6, 6.07) is 2.57. The zero-order chi connectivity index (χ0) is 32.8. The molecule has 1 heterocycles. The topological polar surface area (TPSA) is 293 Å². The molecule has 1 fully saturated rings. The van der Waals surface area contributed by atoms with Crippen molar-refractivity contribution >= 4 is 67.8 Å². The van der Waals surface area contributed by atoms with Crippen LogP contribution in [0.4, 0.5) is 11.4 Å². The Hall–Kier alpha value is -3.93. The van der Waals surface area contributed by atoms with Gasteiger partial charge in [-0.05, 0) is 12.1 Å². The molecule has 8 N–H and O–H groups in total. The first-order valence-electron chi connectivity index (χ1n) is 12.6. The molecule has 2 aromatic carbocycles. The Morgan fingerprint density at radius 3 is 1.77 bits per heavy atom. The lowest BCUT2D eigenvalue weighted by atomic mass is 10.1. The molecule has 1 aliphatic rings. The molecule has 1 saturated heterocycles. The largest absolute Gasteiger partial charge is 0.505 e. The minimum absolute atomic E-state index is 0.164. The second kappa shape index (κ2) is 14.2. The van der Waals surface area contributed by atoms with Gasteiger partial charge in [-0.25, -0.2) is 5.03 Å². The average Bonchev–Trinajstić information content (AvgIpc) is 2.97. The number of nitrogen functional groups attached to an aromatic ring is 1. The molecule has 0 bridgehead atoms. The number of hydrogen-bond donors (Lipinski definition) is 7. The number of amides is 1. The monoisotopic (exact) mass is 658 g/mol. The number of anilines is 1. The summed E-state index contributed by atoms with van der Waals surface area (Å²) in [4.78, 5) is 37.9. The van der Waals surface area contributed by atoms with Crippen LogP contribution in [0.1, 0.15) is 0 Å². The highest BCUT2D eigenvalue weighted by molar-refractivity contribution is 7.87. The van der Waals surface area contributed by atoms with E-state index in [0.717, 1.165) is 19.7 Å². The first-order chi connectivity index (χ1) is 20.5. The number of rotatable bonds is 11. The maximum absolute atomic E-state index is 12.5. The van der Waals surface area contributed by atoms with E-state index in [1.165, 1.54) is 0 Å². The van der Waals surface area contributed by atoms with Gasteiger partial charge in [-0.1, -0.05) is 6.07 Å². The normalized spacial score (nSPS) is 16.3. The lowest BCUT2D eigenvalue weighted by molar-refractivity contribution is -0.140. The van der Waals surface area contributed by atoms with Crippen LogP contribution in [0.2, 0.25) is 0 Å². The van der Waals surface area contributed by atoms with Crippen molar-refractivity contribution in [3.63, 3.8) is 0 Å². The summed E-state index contributed by atoms with van der Waals surface area (Å²) in [5.74, 6) is -3.49. The van der Waals surface area contributed by atoms with Crippen molar-refractivity contribution in [3.05, 3.63) is 18.2 Å². The van der Waals surface area contributed by atoms with E-state index in [2.05, 4.69) is 15.4 Å². The van der Waals surface area contributed by atoms with Gasteiger partial charge in [-0.2, -0.15) is 21.9 Å². The van der Waals surface area contributed by atoms with Crippen molar-refractivity contribution in [1.29, 1.82) is 0 Å². The Bertz CT molecular complexity index is 1660. The maximum atomic E-state index is 12.5. The number of nitrogens with two attached hydrogens (primary N) is 1. The summed E-state index contributed by atoms with van der Waals surface area (Å²) in [5, 5.41) is 37.7. The molecule has 0 spiro atoms. The number of fused-ring (bicyclic) bond motifs is 1. The van der Waals surface area contributed by atoms with E-state index in [1.807, 2.05) is 0 Å². The summed E-state index contributed by atoms with van der Waals surface area (Å²) >= 11 is 0. The fourth-order valence-electron chi connectivity index (χ4n) is 4.44. The van der Waals surface area contributed by atoms with Gasteiger partial charge in [0.05, 0.1) is 30.7 Å². The van der Waals surface area contributed by atoms with Crippen LogP contribution in [0, 0.1) is 0 Å². The third-order valence-corrected chi connectivity index (χ3v) is 8.29. The van der Waals surface area contributed by atoms with Crippen LogP contribution in [-0.4, -0.2) is 140 Å². The number of phenolic OH excluding ortho intramolecular Hbond substituents is 1. The van der Waals surface area contributed by atoms with Gasteiger partial charge in [-0.15, -0.1) is 0 Å². The number of carboxylic acid groups (broad SMARTS) is 2. The molecular weight excluding hydrogens is 629 g/mol. The van der Waals surface area contributed by atoms with Gasteiger partial charge in [0.15, 0.2) is 5.75 Å².